The highest BCUT2D eigenvalue weighted by atomic mass is 16.6. The third kappa shape index (κ3) is 6.07. The first-order chi connectivity index (χ1) is 17.7. The zero-order chi connectivity index (χ0) is 24.7. The summed E-state index contributed by atoms with van der Waals surface area (Å²) in [6.45, 7) is 7.24. The molecule has 1 aromatic carbocycles. The van der Waals surface area contributed by atoms with Gasteiger partial charge in [-0.15, -0.1) is 0 Å². The number of fused-ring (bicyclic) bond motifs is 1. The van der Waals surface area contributed by atoms with Crippen molar-refractivity contribution in [3.63, 3.8) is 0 Å². The van der Waals surface area contributed by atoms with Crippen LogP contribution >= 0.6 is 0 Å². The molecule has 36 heavy (non-hydrogen) atoms. The highest BCUT2D eigenvalue weighted by molar-refractivity contribution is 6.03. The SMILES string of the molecule is O=[N+]([O-])c1ccc2c(c1)/C(=N\Nc1cc(N3CCOCC3)nc(OCCN3CCOCC3)n1)CCC2. The number of benzene rings is 1. The van der Waals surface area contributed by atoms with Gasteiger partial charge < -0.3 is 19.1 Å². The smallest absolute Gasteiger partial charge is 0.320 e. The van der Waals surface area contributed by atoms with E-state index in [4.69, 9.17) is 14.2 Å². The molecule has 0 unspecified atom stereocenters. The van der Waals surface area contributed by atoms with Crippen molar-refractivity contribution in [2.24, 2.45) is 5.10 Å². The van der Waals surface area contributed by atoms with Crippen LogP contribution in [0.1, 0.15) is 24.0 Å². The molecule has 1 N–H and O–H groups in total. The fourth-order valence-electron chi connectivity index (χ4n) is 4.57. The van der Waals surface area contributed by atoms with Crippen LogP contribution in [0.3, 0.4) is 0 Å². The molecular formula is C24H31N7O5. The van der Waals surface area contributed by atoms with Crippen LogP contribution in [-0.4, -0.2) is 91.3 Å². The van der Waals surface area contributed by atoms with Crippen LogP contribution in [-0.2, 0) is 15.9 Å². The minimum absolute atomic E-state index is 0.0657. The maximum absolute atomic E-state index is 11.3. The number of hydrogen-bond acceptors (Lipinski definition) is 11. The van der Waals surface area contributed by atoms with Gasteiger partial charge in [0.05, 0.1) is 37.1 Å². The zero-order valence-electron chi connectivity index (χ0n) is 20.2. The topological polar surface area (TPSA) is 127 Å². The van der Waals surface area contributed by atoms with Gasteiger partial charge in [0.25, 0.3) is 5.69 Å². The largest absolute Gasteiger partial charge is 0.462 e. The molecule has 0 saturated carbocycles. The van der Waals surface area contributed by atoms with Gasteiger partial charge in [-0.1, -0.05) is 6.07 Å². The van der Waals surface area contributed by atoms with Crippen molar-refractivity contribution in [1.82, 2.24) is 14.9 Å². The number of ether oxygens (including phenoxy) is 3. The van der Waals surface area contributed by atoms with Crippen molar-refractivity contribution in [2.45, 2.75) is 19.3 Å². The number of non-ortho nitro benzene ring substituents is 1. The number of nitro benzene ring substituents is 1. The van der Waals surface area contributed by atoms with Crippen molar-refractivity contribution >= 4 is 23.0 Å². The maximum atomic E-state index is 11.3. The second kappa shape index (κ2) is 11.6. The Labute approximate surface area is 209 Å². The van der Waals surface area contributed by atoms with E-state index in [-0.39, 0.29) is 16.6 Å². The molecule has 2 fully saturated rings. The molecule has 1 aromatic heterocycles. The van der Waals surface area contributed by atoms with E-state index in [9.17, 15) is 10.1 Å². The fourth-order valence-corrected chi connectivity index (χ4v) is 4.57. The molecule has 0 radical (unpaired) electrons. The Morgan fingerprint density at radius 3 is 2.61 bits per heavy atom. The number of morpholine rings is 2. The number of rotatable bonds is 8. The van der Waals surface area contributed by atoms with E-state index in [0.29, 0.717) is 25.6 Å². The Morgan fingerprint density at radius 2 is 1.83 bits per heavy atom. The van der Waals surface area contributed by atoms with Crippen molar-refractivity contribution in [1.29, 1.82) is 0 Å². The summed E-state index contributed by atoms with van der Waals surface area (Å²) in [4.78, 5) is 24.5. The number of hydrogen-bond donors (Lipinski definition) is 1. The Kier molecular flexibility index (Phi) is 7.84. The first-order valence-electron chi connectivity index (χ1n) is 12.4. The van der Waals surface area contributed by atoms with E-state index in [1.54, 1.807) is 12.1 Å². The summed E-state index contributed by atoms with van der Waals surface area (Å²) >= 11 is 0. The summed E-state index contributed by atoms with van der Waals surface area (Å²) in [5.41, 5.74) is 5.79. The van der Waals surface area contributed by atoms with E-state index in [0.717, 1.165) is 87.9 Å². The van der Waals surface area contributed by atoms with E-state index >= 15 is 0 Å². The second-order valence-corrected chi connectivity index (χ2v) is 8.92. The van der Waals surface area contributed by atoms with Gasteiger partial charge >= 0.3 is 6.01 Å². The number of aryl methyl sites for hydroxylation is 1. The number of nitrogens with one attached hydrogen (secondary N) is 1. The number of nitrogens with zero attached hydrogens (tertiary/aromatic N) is 6. The standard InChI is InChI=1S/C24H31N7O5/c32-31(33)19-5-4-18-2-1-3-21(20(18)16-19)27-28-22-17-23(30-9-13-35-14-10-30)26-24(25-22)36-15-8-29-6-11-34-12-7-29/h4-5,16-17H,1-3,6-15H2,(H,25,26,28)/b27-21-. The molecule has 0 amide bonds. The van der Waals surface area contributed by atoms with Crippen LogP contribution in [0.2, 0.25) is 0 Å². The molecule has 2 aliphatic heterocycles. The molecule has 2 saturated heterocycles. The molecule has 5 rings (SSSR count). The number of anilines is 2. The van der Waals surface area contributed by atoms with Crippen molar-refractivity contribution in [2.75, 3.05) is 76.1 Å². The van der Waals surface area contributed by atoms with Gasteiger partial charge in [-0.2, -0.15) is 15.1 Å². The lowest BCUT2D eigenvalue weighted by atomic mass is 9.90. The van der Waals surface area contributed by atoms with Gasteiger partial charge in [0.15, 0.2) is 5.82 Å². The maximum Gasteiger partial charge on any atom is 0.320 e. The van der Waals surface area contributed by atoms with Gasteiger partial charge in [-0.3, -0.25) is 20.4 Å². The summed E-state index contributed by atoms with van der Waals surface area (Å²) < 4.78 is 16.8. The molecular weight excluding hydrogens is 466 g/mol. The molecule has 1 aliphatic carbocycles. The van der Waals surface area contributed by atoms with E-state index < -0.39 is 0 Å². The molecule has 12 heteroatoms. The molecule has 0 atom stereocenters. The normalized spacial score (nSPS) is 19.7. The minimum atomic E-state index is -0.375. The average Bonchev–Trinajstić information content (AvgIpc) is 2.92. The predicted octanol–water partition coefficient (Wildman–Crippen LogP) is 2.08. The quantitative estimate of drug-likeness (QED) is 0.428. The van der Waals surface area contributed by atoms with Crippen LogP contribution in [0.15, 0.2) is 29.4 Å². The minimum Gasteiger partial charge on any atom is -0.462 e. The molecule has 3 heterocycles. The molecule has 12 nitrogen and oxygen atoms in total. The summed E-state index contributed by atoms with van der Waals surface area (Å²) in [7, 11) is 0. The van der Waals surface area contributed by atoms with Crippen LogP contribution in [0.4, 0.5) is 17.3 Å². The Balaban J connectivity index is 1.34. The summed E-state index contributed by atoms with van der Waals surface area (Å²) in [6, 6.07) is 7.11. The van der Waals surface area contributed by atoms with Crippen LogP contribution in [0.5, 0.6) is 6.01 Å². The predicted molar refractivity (Wildman–Crippen MR) is 134 cm³/mol. The lowest BCUT2D eigenvalue weighted by Gasteiger charge is -2.28. The molecule has 0 bridgehead atoms. The summed E-state index contributed by atoms with van der Waals surface area (Å²) in [5, 5.41) is 15.9. The average molecular weight is 498 g/mol. The van der Waals surface area contributed by atoms with Crippen LogP contribution in [0, 0.1) is 10.1 Å². The van der Waals surface area contributed by atoms with E-state index in [1.807, 2.05) is 12.1 Å². The summed E-state index contributed by atoms with van der Waals surface area (Å²) in [6.07, 6.45) is 2.54. The van der Waals surface area contributed by atoms with E-state index in [1.165, 1.54) is 0 Å². The fraction of sp³-hybridized carbons (Fsp3) is 0.542. The number of nitro groups is 1. The molecule has 2 aromatic rings. The Hall–Kier alpha value is -3.35. The van der Waals surface area contributed by atoms with Crippen LogP contribution in [0.25, 0.3) is 0 Å². The Bertz CT molecular complexity index is 1100. The number of hydrazone groups is 1. The van der Waals surface area contributed by atoms with Crippen molar-refractivity contribution in [3.05, 3.63) is 45.5 Å². The lowest BCUT2D eigenvalue weighted by Crippen LogP contribution is -2.39. The Morgan fingerprint density at radius 1 is 1.06 bits per heavy atom. The van der Waals surface area contributed by atoms with Gasteiger partial charge in [0.2, 0.25) is 0 Å². The van der Waals surface area contributed by atoms with Gasteiger partial charge in [-0.25, -0.2) is 0 Å². The zero-order valence-corrected chi connectivity index (χ0v) is 20.2. The monoisotopic (exact) mass is 497 g/mol. The molecule has 0 spiro atoms. The first-order valence-corrected chi connectivity index (χ1v) is 12.4. The highest BCUT2D eigenvalue weighted by Gasteiger charge is 2.20. The third-order valence-corrected chi connectivity index (χ3v) is 6.55. The third-order valence-electron chi connectivity index (χ3n) is 6.55. The molecule has 192 valence electrons. The lowest BCUT2D eigenvalue weighted by molar-refractivity contribution is -0.384. The number of aromatic nitrogens is 2. The van der Waals surface area contributed by atoms with Crippen LogP contribution < -0.4 is 15.1 Å². The van der Waals surface area contributed by atoms with Gasteiger partial charge in [0, 0.05) is 56.5 Å². The second-order valence-electron chi connectivity index (χ2n) is 8.92. The molecule has 3 aliphatic rings. The van der Waals surface area contributed by atoms with Crippen molar-refractivity contribution in [3.8, 4) is 6.01 Å². The first kappa shape index (κ1) is 24.3. The summed E-state index contributed by atoms with van der Waals surface area (Å²) in [5.74, 6) is 1.26. The highest BCUT2D eigenvalue weighted by Crippen LogP contribution is 2.27. The van der Waals surface area contributed by atoms with Gasteiger partial charge in [0.1, 0.15) is 12.4 Å². The van der Waals surface area contributed by atoms with Gasteiger partial charge in [-0.05, 0) is 24.8 Å². The van der Waals surface area contributed by atoms with E-state index in [2.05, 4.69) is 30.3 Å². The van der Waals surface area contributed by atoms with Crippen molar-refractivity contribution < 1.29 is 19.1 Å².